The number of aryl methyl sites for hydroxylation is 1. The lowest BCUT2D eigenvalue weighted by Crippen LogP contribution is -2.41. The molecule has 2 amide bonds. The topological polar surface area (TPSA) is 80.2 Å². The van der Waals surface area contributed by atoms with E-state index >= 15 is 0 Å². The number of amides is 2. The molecular formula is C33H40IN3O4S. The smallest absolute Gasteiger partial charge is 0.266 e. The van der Waals surface area contributed by atoms with E-state index in [0.29, 0.717) is 29.1 Å². The first-order chi connectivity index (χ1) is 20.4. The van der Waals surface area contributed by atoms with Crippen molar-refractivity contribution in [3.63, 3.8) is 0 Å². The lowest BCUT2D eigenvalue weighted by atomic mass is 9.94. The van der Waals surface area contributed by atoms with Crippen molar-refractivity contribution in [3.8, 4) is 11.5 Å². The number of aliphatic imine (C=N–C) groups is 1. The van der Waals surface area contributed by atoms with Crippen molar-refractivity contribution in [1.82, 2.24) is 4.90 Å². The first-order valence-corrected chi connectivity index (χ1v) is 17.1. The van der Waals surface area contributed by atoms with Gasteiger partial charge < -0.3 is 14.8 Å². The van der Waals surface area contributed by atoms with Crippen LogP contribution in [-0.4, -0.2) is 47.2 Å². The molecule has 42 heavy (non-hydrogen) atoms. The van der Waals surface area contributed by atoms with Gasteiger partial charge in [0.05, 0.1) is 21.1 Å². The molecular weight excluding hydrogens is 661 g/mol. The number of nitrogens with zero attached hydrogens (tertiary/aromatic N) is 2. The first kappa shape index (κ1) is 30.9. The maximum Gasteiger partial charge on any atom is 0.266 e. The molecule has 1 aliphatic heterocycles. The van der Waals surface area contributed by atoms with Crippen LogP contribution in [0.15, 0.2) is 46.3 Å². The van der Waals surface area contributed by atoms with Crippen LogP contribution in [0, 0.1) is 10.5 Å². The van der Waals surface area contributed by atoms with Crippen LogP contribution in [0.1, 0.15) is 82.3 Å². The van der Waals surface area contributed by atoms with Gasteiger partial charge in [0, 0.05) is 11.7 Å². The highest BCUT2D eigenvalue weighted by molar-refractivity contribution is 14.1. The second kappa shape index (κ2) is 14.8. The standard InChI is InChI=1S/C33H40IN3O4S/c1-3-40-28-19-23(18-27(34)31(28)41-21-30(38)35-25-16-14-22(2)15-17-25)20-29-32(39)37(26-12-8-5-9-13-26)33(42-29)36-24-10-6-4-7-11-24/h14-20,24,26H,3-13,21H2,1-2H3,(H,35,38). The van der Waals surface area contributed by atoms with Crippen molar-refractivity contribution in [1.29, 1.82) is 0 Å². The minimum absolute atomic E-state index is 0.0579. The maximum absolute atomic E-state index is 13.8. The lowest BCUT2D eigenvalue weighted by Gasteiger charge is -2.31. The largest absolute Gasteiger partial charge is 0.490 e. The van der Waals surface area contributed by atoms with Gasteiger partial charge in [0.25, 0.3) is 11.8 Å². The Labute approximate surface area is 267 Å². The Morgan fingerprint density at radius 2 is 1.74 bits per heavy atom. The third-order valence-corrected chi connectivity index (χ3v) is 9.76. The average Bonchev–Trinajstić information content (AvgIpc) is 3.28. The fourth-order valence-corrected chi connectivity index (χ4v) is 7.69. The molecule has 1 N–H and O–H groups in total. The van der Waals surface area contributed by atoms with E-state index in [4.69, 9.17) is 14.5 Å². The quantitative estimate of drug-likeness (QED) is 0.212. The lowest BCUT2D eigenvalue weighted by molar-refractivity contribution is -0.124. The number of nitrogens with one attached hydrogen (secondary N) is 1. The van der Waals surface area contributed by atoms with Gasteiger partial charge >= 0.3 is 0 Å². The Balaban J connectivity index is 1.35. The SMILES string of the molecule is CCOc1cc(C=C2SC(=NC3CCCCC3)N(C3CCCCC3)C2=O)cc(I)c1OCC(=O)Nc1ccc(C)cc1. The summed E-state index contributed by atoms with van der Waals surface area (Å²) in [5.41, 5.74) is 2.71. The van der Waals surface area contributed by atoms with Gasteiger partial charge in [-0.25, -0.2) is 0 Å². The number of carbonyl (C=O) groups excluding carboxylic acids is 2. The van der Waals surface area contributed by atoms with E-state index in [2.05, 4.69) is 27.9 Å². The Kier molecular flexibility index (Phi) is 10.9. The zero-order chi connectivity index (χ0) is 29.5. The zero-order valence-corrected chi connectivity index (χ0v) is 27.5. The summed E-state index contributed by atoms with van der Waals surface area (Å²) in [6.07, 6.45) is 13.5. The highest BCUT2D eigenvalue weighted by Gasteiger charge is 2.39. The summed E-state index contributed by atoms with van der Waals surface area (Å²) in [7, 11) is 0. The van der Waals surface area contributed by atoms with E-state index in [-0.39, 0.29) is 24.5 Å². The molecule has 1 heterocycles. The van der Waals surface area contributed by atoms with Crippen LogP contribution in [0.3, 0.4) is 0 Å². The molecule has 224 valence electrons. The normalized spacial score (nSPS) is 20.4. The van der Waals surface area contributed by atoms with Crippen molar-refractivity contribution in [3.05, 3.63) is 56.0 Å². The summed E-state index contributed by atoms with van der Waals surface area (Å²) < 4.78 is 12.7. The van der Waals surface area contributed by atoms with Crippen molar-refractivity contribution in [2.45, 2.75) is 90.1 Å². The third-order valence-electron chi connectivity index (χ3n) is 7.96. The number of anilines is 1. The van der Waals surface area contributed by atoms with Crippen LogP contribution < -0.4 is 14.8 Å². The summed E-state index contributed by atoms with van der Waals surface area (Å²) in [6.45, 7) is 4.22. The Hall–Kier alpha value is -2.53. The number of hydrogen-bond donors (Lipinski definition) is 1. The van der Waals surface area contributed by atoms with Crippen LogP contribution in [0.5, 0.6) is 11.5 Å². The molecule has 0 unspecified atom stereocenters. The second-order valence-electron chi connectivity index (χ2n) is 11.2. The number of carbonyl (C=O) groups is 2. The van der Waals surface area contributed by atoms with E-state index in [1.807, 2.05) is 61.2 Å². The number of rotatable bonds is 9. The Morgan fingerprint density at radius 3 is 2.43 bits per heavy atom. The molecule has 1 saturated heterocycles. The predicted octanol–water partition coefficient (Wildman–Crippen LogP) is 7.95. The van der Waals surface area contributed by atoms with Crippen molar-refractivity contribution in [2.75, 3.05) is 18.5 Å². The molecule has 0 bridgehead atoms. The minimum atomic E-state index is -0.246. The summed E-state index contributed by atoms with van der Waals surface area (Å²) >= 11 is 3.72. The summed E-state index contributed by atoms with van der Waals surface area (Å²) in [6, 6.07) is 12.0. The molecule has 7 nitrogen and oxygen atoms in total. The molecule has 0 radical (unpaired) electrons. The molecule has 9 heteroatoms. The number of hydrogen-bond acceptors (Lipinski definition) is 6. The van der Waals surface area contributed by atoms with Crippen LogP contribution in [-0.2, 0) is 9.59 Å². The number of thioether (sulfide) groups is 1. The summed E-state index contributed by atoms with van der Waals surface area (Å²) in [5, 5.41) is 3.75. The maximum atomic E-state index is 13.8. The molecule has 5 rings (SSSR count). The number of benzene rings is 2. The van der Waals surface area contributed by atoms with Crippen LogP contribution in [0.2, 0.25) is 0 Å². The molecule has 2 saturated carbocycles. The second-order valence-corrected chi connectivity index (χ2v) is 13.4. The van der Waals surface area contributed by atoms with Crippen LogP contribution >= 0.6 is 34.4 Å². The average molecular weight is 702 g/mol. The van der Waals surface area contributed by atoms with Gasteiger partial charge in [0.15, 0.2) is 23.3 Å². The molecule has 0 aromatic heterocycles. The molecule has 2 aromatic carbocycles. The van der Waals surface area contributed by atoms with Gasteiger partial charge in [0.2, 0.25) is 0 Å². The molecule has 3 aliphatic rings. The molecule has 0 spiro atoms. The number of halogens is 1. The van der Waals surface area contributed by atoms with Gasteiger partial charge in [-0.1, -0.05) is 56.2 Å². The highest BCUT2D eigenvalue weighted by atomic mass is 127. The van der Waals surface area contributed by atoms with Gasteiger partial charge in [0.1, 0.15) is 0 Å². The predicted molar refractivity (Wildman–Crippen MR) is 179 cm³/mol. The van der Waals surface area contributed by atoms with E-state index in [1.54, 1.807) is 0 Å². The molecule has 0 atom stereocenters. The Bertz CT molecular complexity index is 1330. The number of ether oxygens (including phenoxy) is 2. The summed E-state index contributed by atoms with van der Waals surface area (Å²) in [5.74, 6) is 0.883. The van der Waals surface area contributed by atoms with Crippen LogP contribution in [0.25, 0.3) is 6.08 Å². The number of amidine groups is 1. The fourth-order valence-electron chi connectivity index (χ4n) is 5.80. The Morgan fingerprint density at radius 1 is 1.05 bits per heavy atom. The monoisotopic (exact) mass is 701 g/mol. The van der Waals surface area contributed by atoms with Gasteiger partial charge in [-0.2, -0.15) is 0 Å². The molecule has 3 fully saturated rings. The third kappa shape index (κ3) is 7.89. The van der Waals surface area contributed by atoms with Crippen molar-refractivity contribution in [2.24, 2.45) is 4.99 Å². The van der Waals surface area contributed by atoms with Gasteiger partial charge in [-0.3, -0.25) is 19.5 Å². The van der Waals surface area contributed by atoms with E-state index in [9.17, 15) is 9.59 Å². The highest BCUT2D eigenvalue weighted by Crippen LogP contribution is 2.40. The molecule has 2 aliphatic carbocycles. The van der Waals surface area contributed by atoms with Crippen molar-refractivity contribution < 1.29 is 19.1 Å². The van der Waals surface area contributed by atoms with E-state index in [0.717, 1.165) is 64.1 Å². The molecule has 2 aromatic rings. The zero-order valence-electron chi connectivity index (χ0n) is 24.5. The fraction of sp³-hybridized carbons (Fsp3) is 0.485. The van der Waals surface area contributed by atoms with E-state index in [1.165, 1.54) is 37.4 Å². The van der Waals surface area contributed by atoms with Gasteiger partial charge in [-0.15, -0.1) is 0 Å². The van der Waals surface area contributed by atoms with Crippen LogP contribution in [0.4, 0.5) is 5.69 Å². The summed E-state index contributed by atoms with van der Waals surface area (Å²) in [4.78, 5) is 34.2. The van der Waals surface area contributed by atoms with Crippen molar-refractivity contribution >= 4 is 63.1 Å². The minimum Gasteiger partial charge on any atom is -0.490 e. The first-order valence-electron chi connectivity index (χ1n) is 15.2. The van der Waals surface area contributed by atoms with Gasteiger partial charge in [-0.05, 0) is 110 Å². The van der Waals surface area contributed by atoms with E-state index < -0.39 is 0 Å².